The van der Waals surface area contributed by atoms with Gasteiger partial charge in [0.2, 0.25) is 5.91 Å². The third kappa shape index (κ3) is 4.99. The Morgan fingerprint density at radius 1 is 1.00 bits per heavy atom. The highest BCUT2D eigenvalue weighted by molar-refractivity contribution is 5.96. The third-order valence-corrected chi connectivity index (χ3v) is 5.01. The second-order valence-electron chi connectivity index (χ2n) is 7.14. The molecular weight excluding hydrogens is 373 g/mol. The number of hydrogen-bond acceptors (Lipinski definition) is 4. The number of carbonyl (C=O) groups excluding carboxylic acids is 3. The molecular formula is C22H24FN3O3. The summed E-state index contributed by atoms with van der Waals surface area (Å²) in [4.78, 5) is 39.5. The fraction of sp³-hybridized carbons (Fsp3) is 0.318. The molecule has 7 heteroatoms. The van der Waals surface area contributed by atoms with Gasteiger partial charge in [-0.3, -0.25) is 14.4 Å². The van der Waals surface area contributed by atoms with Crippen molar-refractivity contribution in [1.82, 2.24) is 10.2 Å². The van der Waals surface area contributed by atoms with Gasteiger partial charge in [0.15, 0.2) is 5.78 Å². The van der Waals surface area contributed by atoms with Gasteiger partial charge in [0.25, 0.3) is 5.91 Å². The highest BCUT2D eigenvalue weighted by atomic mass is 19.1. The van der Waals surface area contributed by atoms with Crippen molar-refractivity contribution in [3.05, 3.63) is 65.0 Å². The van der Waals surface area contributed by atoms with E-state index >= 15 is 0 Å². The highest BCUT2D eigenvalue weighted by Gasteiger charge is 2.23. The molecule has 0 aliphatic carbocycles. The molecule has 3 rings (SSSR count). The van der Waals surface area contributed by atoms with E-state index in [0.717, 1.165) is 5.56 Å². The first kappa shape index (κ1) is 20.5. The largest absolute Gasteiger partial charge is 0.366 e. The number of Topliss-reactive ketones (excluding diaryl/α,β-unsaturated/α-hetero) is 1. The molecule has 2 aromatic rings. The van der Waals surface area contributed by atoms with Crippen LogP contribution in [0.4, 0.5) is 10.1 Å². The van der Waals surface area contributed by atoms with Gasteiger partial charge < -0.3 is 15.1 Å². The molecule has 0 bridgehead atoms. The van der Waals surface area contributed by atoms with Crippen LogP contribution in [-0.2, 0) is 4.79 Å². The van der Waals surface area contributed by atoms with Crippen LogP contribution >= 0.6 is 0 Å². The summed E-state index contributed by atoms with van der Waals surface area (Å²) in [7, 11) is 0. The lowest BCUT2D eigenvalue weighted by atomic mass is 10.1. The maximum atomic E-state index is 14.3. The number of amides is 2. The molecule has 2 amide bonds. The van der Waals surface area contributed by atoms with Crippen LogP contribution in [0.5, 0.6) is 0 Å². The zero-order valence-corrected chi connectivity index (χ0v) is 16.6. The summed E-state index contributed by atoms with van der Waals surface area (Å²) in [6.07, 6.45) is 0. The molecule has 1 aliphatic rings. The van der Waals surface area contributed by atoms with Crippen LogP contribution in [0.25, 0.3) is 0 Å². The van der Waals surface area contributed by atoms with Crippen molar-refractivity contribution in [1.29, 1.82) is 0 Å². The Bertz CT molecular complexity index is 937. The minimum atomic E-state index is -0.442. The molecule has 0 atom stereocenters. The Balaban J connectivity index is 1.52. The predicted octanol–water partition coefficient (Wildman–Crippen LogP) is 2.42. The summed E-state index contributed by atoms with van der Waals surface area (Å²) in [6.45, 7) is 5.06. The summed E-state index contributed by atoms with van der Waals surface area (Å²) in [6, 6.07) is 11.6. The van der Waals surface area contributed by atoms with Gasteiger partial charge in [-0.05, 0) is 44.2 Å². The maximum absolute atomic E-state index is 14.3. The molecule has 2 aromatic carbocycles. The zero-order valence-electron chi connectivity index (χ0n) is 16.6. The SMILES string of the molecule is CC(=O)c1ccc(N2CCN(C(=O)CNC(=O)c3cccc(C)c3)CC2)c(F)c1. The Hall–Kier alpha value is -3.22. The quantitative estimate of drug-likeness (QED) is 0.787. The van der Waals surface area contributed by atoms with Gasteiger partial charge in [-0.2, -0.15) is 0 Å². The van der Waals surface area contributed by atoms with Crippen LogP contribution in [0.15, 0.2) is 42.5 Å². The van der Waals surface area contributed by atoms with E-state index in [9.17, 15) is 18.8 Å². The van der Waals surface area contributed by atoms with Crippen LogP contribution in [0.1, 0.15) is 33.2 Å². The molecule has 1 saturated heterocycles. The maximum Gasteiger partial charge on any atom is 0.251 e. The van der Waals surface area contributed by atoms with Crippen LogP contribution in [0.2, 0.25) is 0 Å². The average Bonchev–Trinajstić information content (AvgIpc) is 2.71. The Morgan fingerprint density at radius 2 is 1.72 bits per heavy atom. The molecule has 0 unspecified atom stereocenters. The minimum Gasteiger partial charge on any atom is -0.366 e. The zero-order chi connectivity index (χ0) is 21.0. The van der Waals surface area contributed by atoms with Crippen molar-refractivity contribution in [3.63, 3.8) is 0 Å². The molecule has 0 spiro atoms. The van der Waals surface area contributed by atoms with Crippen molar-refractivity contribution in [2.45, 2.75) is 13.8 Å². The molecule has 1 N–H and O–H groups in total. The summed E-state index contributed by atoms with van der Waals surface area (Å²) < 4.78 is 14.3. The number of nitrogens with zero attached hydrogens (tertiary/aromatic N) is 2. The second kappa shape index (κ2) is 8.86. The minimum absolute atomic E-state index is 0.0750. The van der Waals surface area contributed by atoms with Gasteiger partial charge in [0.1, 0.15) is 5.82 Å². The van der Waals surface area contributed by atoms with Crippen LogP contribution in [0, 0.1) is 12.7 Å². The van der Waals surface area contributed by atoms with E-state index in [1.54, 1.807) is 35.2 Å². The number of piperazine rings is 1. The monoisotopic (exact) mass is 397 g/mol. The summed E-state index contributed by atoms with van der Waals surface area (Å²) in [5.41, 5.74) is 2.26. The van der Waals surface area contributed by atoms with E-state index in [1.807, 2.05) is 17.9 Å². The number of carbonyl (C=O) groups is 3. The molecule has 1 heterocycles. The number of rotatable bonds is 5. The summed E-state index contributed by atoms with van der Waals surface area (Å²) >= 11 is 0. The third-order valence-electron chi connectivity index (χ3n) is 5.01. The molecule has 0 saturated carbocycles. The van der Waals surface area contributed by atoms with Gasteiger partial charge in [-0.1, -0.05) is 17.7 Å². The van der Waals surface area contributed by atoms with Crippen molar-refractivity contribution in [3.8, 4) is 0 Å². The molecule has 29 heavy (non-hydrogen) atoms. The Kier molecular flexibility index (Phi) is 6.26. The number of anilines is 1. The van der Waals surface area contributed by atoms with Crippen LogP contribution in [0.3, 0.4) is 0 Å². The van der Waals surface area contributed by atoms with E-state index in [2.05, 4.69) is 5.32 Å². The molecule has 6 nitrogen and oxygen atoms in total. The molecule has 1 fully saturated rings. The highest BCUT2D eigenvalue weighted by Crippen LogP contribution is 2.22. The summed E-state index contributed by atoms with van der Waals surface area (Å²) in [5, 5.41) is 2.66. The van der Waals surface area contributed by atoms with E-state index in [-0.39, 0.29) is 24.1 Å². The van der Waals surface area contributed by atoms with Gasteiger partial charge in [0.05, 0.1) is 12.2 Å². The average molecular weight is 397 g/mol. The second-order valence-corrected chi connectivity index (χ2v) is 7.14. The van der Waals surface area contributed by atoms with Crippen molar-refractivity contribution in [2.75, 3.05) is 37.6 Å². The first-order valence-corrected chi connectivity index (χ1v) is 9.53. The van der Waals surface area contributed by atoms with Gasteiger partial charge in [-0.15, -0.1) is 0 Å². The molecule has 0 aromatic heterocycles. The fourth-order valence-corrected chi connectivity index (χ4v) is 3.34. The smallest absolute Gasteiger partial charge is 0.251 e. The van der Waals surface area contributed by atoms with Crippen molar-refractivity contribution >= 4 is 23.3 Å². The first-order chi connectivity index (χ1) is 13.8. The standard InChI is InChI=1S/C22H24FN3O3/c1-15-4-3-5-18(12-15)22(29)24-14-21(28)26-10-8-25(9-11-26)20-7-6-17(16(2)27)13-19(20)23/h3-7,12-13H,8-11,14H2,1-2H3,(H,24,29). The van der Waals surface area contributed by atoms with E-state index in [4.69, 9.17) is 0 Å². The van der Waals surface area contributed by atoms with Crippen LogP contribution < -0.4 is 10.2 Å². The number of ketones is 1. The number of nitrogens with one attached hydrogen (secondary N) is 1. The predicted molar refractivity (Wildman–Crippen MR) is 109 cm³/mol. The summed E-state index contributed by atoms with van der Waals surface area (Å²) in [5.74, 6) is -1.08. The fourth-order valence-electron chi connectivity index (χ4n) is 3.34. The molecule has 152 valence electrons. The lowest BCUT2D eigenvalue weighted by molar-refractivity contribution is -0.130. The van der Waals surface area contributed by atoms with Gasteiger partial charge in [-0.25, -0.2) is 4.39 Å². The lowest BCUT2D eigenvalue weighted by Gasteiger charge is -2.36. The Morgan fingerprint density at radius 3 is 2.34 bits per heavy atom. The van der Waals surface area contributed by atoms with Crippen molar-refractivity contribution < 1.29 is 18.8 Å². The molecule has 0 radical (unpaired) electrons. The van der Waals surface area contributed by atoms with Gasteiger partial charge in [0, 0.05) is 37.3 Å². The number of halogens is 1. The number of aryl methyl sites for hydroxylation is 1. The van der Waals surface area contributed by atoms with E-state index in [1.165, 1.54) is 13.0 Å². The van der Waals surface area contributed by atoms with E-state index < -0.39 is 5.82 Å². The number of hydrogen-bond donors (Lipinski definition) is 1. The topological polar surface area (TPSA) is 69.7 Å². The van der Waals surface area contributed by atoms with Crippen molar-refractivity contribution in [2.24, 2.45) is 0 Å². The van der Waals surface area contributed by atoms with E-state index in [0.29, 0.717) is 43.0 Å². The molecule has 1 aliphatic heterocycles. The van der Waals surface area contributed by atoms with Gasteiger partial charge >= 0.3 is 0 Å². The Labute approximate surface area is 169 Å². The normalized spacial score (nSPS) is 13.9. The number of benzene rings is 2. The first-order valence-electron chi connectivity index (χ1n) is 9.53. The van der Waals surface area contributed by atoms with Crippen LogP contribution in [-0.4, -0.2) is 55.2 Å². The lowest BCUT2D eigenvalue weighted by Crippen LogP contribution is -2.51.